The van der Waals surface area contributed by atoms with Crippen LogP contribution in [-0.2, 0) is 10.0 Å². The van der Waals surface area contributed by atoms with Crippen molar-refractivity contribution < 1.29 is 31.1 Å². The van der Waals surface area contributed by atoms with Crippen LogP contribution in [0.2, 0.25) is 0 Å². The summed E-state index contributed by atoms with van der Waals surface area (Å²) in [5, 5.41) is 0. The Balaban J connectivity index is 2.16. The van der Waals surface area contributed by atoms with Gasteiger partial charge in [-0.3, -0.25) is 9.52 Å². The number of carbonyl (C=O) groups excluding carboxylic acids is 1. The molecular formula is C15H11F3NO4S. The summed E-state index contributed by atoms with van der Waals surface area (Å²) in [6.45, 7) is 3.22. The average Bonchev–Trinajstić information content (AvgIpc) is 2.46. The van der Waals surface area contributed by atoms with Gasteiger partial charge in [-0.2, -0.15) is 0 Å². The van der Waals surface area contributed by atoms with E-state index < -0.39 is 27.9 Å². The number of hydrogen-bond donors (Lipinski definition) is 1. The summed E-state index contributed by atoms with van der Waals surface area (Å²) in [6, 6.07) is 9.29. The molecule has 0 spiro atoms. The van der Waals surface area contributed by atoms with Crippen LogP contribution in [0.1, 0.15) is 10.4 Å². The molecule has 0 amide bonds. The van der Waals surface area contributed by atoms with Crippen LogP contribution in [0.3, 0.4) is 0 Å². The predicted octanol–water partition coefficient (Wildman–Crippen LogP) is 3.40. The summed E-state index contributed by atoms with van der Waals surface area (Å²) >= 11 is 0. The van der Waals surface area contributed by atoms with E-state index in [1.807, 2.05) is 0 Å². The summed E-state index contributed by atoms with van der Waals surface area (Å²) in [4.78, 5) is 10.8. The molecule has 0 aliphatic rings. The Kier molecular flexibility index (Phi) is 4.83. The summed E-state index contributed by atoms with van der Waals surface area (Å²) in [6.07, 6.45) is -4.86. The minimum absolute atomic E-state index is 0.190. The van der Waals surface area contributed by atoms with Crippen molar-refractivity contribution in [2.45, 2.75) is 11.3 Å². The molecular weight excluding hydrogens is 347 g/mol. The predicted molar refractivity (Wildman–Crippen MR) is 80.1 cm³/mol. The molecule has 0 saturated carbocycles. The molecule has 0 atom stereocenters. The molecule has 1 radical (unpaired) electrons. The molecule has 0 heterocycles. The number of rotatable bonds is 5. The number of benzene rings is 2. The van der Waals surface area contributed by atoms with Crippen molar-refractivity contribution in [2.75, 3.05) is 4.72 Å². The molecule has 2 rings (SSSR count). The maximum Gasteiger partial charge on any atom is 0.573 e. The average molecular weight is 358 g/mol. The fourth-order valence-corrected chi connectivity index (χ4v) is 2.82. The molecule has 1 N–H and O–H groups in total. The number of carbonyl (C=O) groups is 1. The molecule has 5 nitrogen and oxygen atoms in total. The molecule has 24 heavy (non-hydrogen) atoms. The summed E-state index contributed by atoms with van der Waals surface area (Å²) in [5.74, 6) is -0.940. The Morgan fingerprint density at radius 1 is 1.00 bits per heavy atom. The van der Waals surface area contributed by atoms with Gasteiger partial charge in [0.2, 0.25) is 0 Å². The molecule has 0 unspecified atom stereocenters. The largest absolute Gasteiger partial charge is 0.573 e. The second-order valence-electron chi connectivity index (χ2n) is 4.63. The van der Waals surface area contributed by atoms with Gasteiger partial charge in [0.05, 0.1) is 4.90 Å². The van der Waals surface area contributed by atoms with Crippen LogP contribution in [-0.4, -0.2) is 20.6 Å². The number of sulfonamides is 1. The molecule has 0 aromatic heterocycles. The summed E-state index contributed by atoms with van der Waals surface area (Å²) in [5.41, 5.74) is 0.502. The lowest BCUT2D eigenvalue weighted by molar-refractivity contribution is -0.274. The number of anilines is 1. The SMILES string of the molecule is [CH2]C(=O)c1ccc(NS(=O)(=O)c2ccc(OC(F)(F)F)cc2)cc1. The van der Waals surface area contributed by atoms with Crippen LogP contribution in [0, 0.1) is 6.92 Å². The van der Waals surface area contributed by atoms with Crippen molar-refractivity contribution in [2.24, 2.45) is 0 Å². The van der Waals surface area contributed by atoms with Gasteiger partial charge >= 0.3 is 6.36 Å². The first-order valence-electron chi connectivity index (χ1n) is 6.42. The van der Waals surface area contributed by atoms with E-state index in [9.17, 15) is 26.4 Å². The number of ether oxygens (including phenoxy) is 1. The highest BCUT2D eigenvalue weighted by Crippen LogP contribution is 2.24. The van der Waals surface area contributed by atoms with Crippen LogP contribution in [0.25, 0.3) is 0 Å². The second kappa shape index (κ2) is 6.52. The zero-order valence-electron chi connectivity index (χ0n) is 12.0. The van der Waals surface area contributed by atoms with Gasteiger partial charge in [0.15, 0.2) is 5.78 Å². The van der Waals surface area contributed by atoms with Gasteiger partial charge in [0.1, 0.15) is 5.75 Å². The third-order valence-electron chi connectivity index (χ3n) is 2.83. The molecule has 2 aromatic rings. The van der Waals surface area contributed by atoms with Gasteiger partial charge in [-0.25, -0.2) is 8.42 Å². The molecule has 0 bridgehead atoms. The van der Waals surface area contributed by atoms with Gasteiger partial charge in [-0.1, -0.05) is 0 Å². The highest BCUT2D eigenvalue weighted by molar-refractivity contribution is 7.92. The van der Waals surface area contributed by atoms with Crippen LogP contribution < -0.4 is 9.46 Å². The van der Waals surface area contributed by atoms with Crippen molar-refractivity contribution in [3.8, 4) is 5.75 Å². The number of Topliss-reactive ketones (excluding diaryl/α,β-unsaturated/α-hetero) is 1. The smallest absolute Gasteiger partial charge is 0.406 e. The molecule has 9 heteroatoms. The Bertz CT molecular complexity index is 829. The van der Waals surface area contributed by atoms with Crippen molar-refractivity contribution in [1.29, 1.82) is 0 Å². The normalized spacial score (nSPS) is 11.8. The van der Waals surface area contributed by atoms with E-state index in [1.54, 1.807) is 0 Å². The highest BCUT2D eigenvalue weighted by Gasteiger charge is 2.31. The van der Waals surface area contributed by atoms with Gasteiger partial charge in [-0.15, -0.1) is 13.2 Å². The van der Waals surface area contributed by atoms with Crippen LogP contribution in [0.4, 0.5) is 18.9 Å². The molecule has 127 valence electrons. The zero-order chi connectivity index (χ0) is 18.0. The first-order chi connectivity index (χ1) is 11.1. The van der Waals surface area contributed by atoms with E-state index in [0.29, 0.717) is 5.56 Å². The minimum atomic E-state index is -4.86. The first-order valence-corrected chi connectivity index (χ1v) is 7.90. The Morgan fingerprint density at radius 2 is 1.54 bits per heavy atom. The number of hydrogen-bond acceptors (Lipinski definition) is 4. The number of ketones is 1. The van der Waals surface area contributed by atoms with Crippen LogP contribution in [0.15, 0.2) is 53.4 Å². The zero-order valence-corrected chi connectivity index (χ0v) is 12.8. The van der Waals surface area contributed by atoms with Crippen molar-refractivity contribution in [3.63, 3.8) is 0 Å². The topological polar surface area (TPSA) is 72.5 Å². The van der Waals surface area contributed by atoms with E-state index in [0.717, 1.165) is 24.3 Å². The van der Waals surface area contributed by atoms with Crippen LogP contribution >= 0.6 is 0 Å². The monoisotopic (exact) mass is 358 g/mol. The van der Waals surface area contributed by atoms with Crippen molar-refractivity contribution in [1.82, 2.24) is 0 Å². The Hall–Kier alpha value is -2.55. The molecule has 0 saturated heterocycles. The molecule has 0 fully saturated rings. The van der Waals surface area contributed by atoms with E-state index >= 15 is 0 Å². The fourth-order valence-electron chi connectivity index (χ4n) is 1.76. The number of nitrogens with one attached hydrogen (secondary N) is 1. The Morgan fingerprint density at radius 3 is 2.00 bits per heavy atom. The molecule has 0 aliphatic carbocycles. The van der Waals surface area contributed by atoms with Gasteiger partial charge in [-0.05, 0) is 48.5 Å². The van der Waals surface area contributed by atoms with E-state index in [-0.39, 0.29) is 10.6 Å². The molecule has 0 aliphatic heterocycles. The standard InChI is InChI=1S/C15H11F3NO4S/c1-10(20)11-2-4-12(5-3-11)19-24(21,22)14-8-6-13(7-9-14)23-15(16,17)18/h2-9,19H,1H2. The Labute approximate surface area is 136 Å². The van der Waals surface area contributed by atoms with E-state index in [4.69, 9.17) is 0 Å². The maximum absolute atomic E-state index is 12.2. The summed E-state index contributed by atoms with van der Waals surface area (Å²) in [7, 11) is -3.99. The third kappa shape index (κ3) is 4.72. The lowest BCUT2D eigenvalue weighted by Gasteiger charge is -2.11. The quantitative estimate of drug-likeness (QED) is 0.832. The minimum Gasteiger partial charge on any atom is -0.406 e. The lowest BCUT2D eigenvalue weighted by atomic mass is 10.1. The van der Waals surface area contributed by atoms with Crippen molar-refractivity contribution >= 4 is 21.5 Å². The van der Waals surface area contributed by atoms with Gasteiger partial charge in [0, 0.05) is 18.2 Å². The van der Waals surface area contributed by atoms with Gasteiger partial charge in [0.25, 0.3) is 10.0 Å². The van der Waals surface area contributed by atoms with Crippen molar-refractivity contribution in [3.05, 3.63) is 61.0 Å². The van der Waals surface area contributed by atoms with Crippen LogP contribution in [0.5, 0.6) is 5.75 Å². The van der Waals surface area contributed by atoms with Gasteiger partial charge < -0.3 is 4.74 Å². The lowest BCUT2D eigenvalue weighted by Crippen LogP contribution is -2.17. The third-order valence-corrected chi connectivity index (χ3v) is 4.22. The van der Waals surface area contributed by atoms with E-state index in [1.165, 1.54) is 24.3 Å². The molecule has 2 aromatic carbocycles. The number of alkyl halides is 3. The second-order valence-corrected chi connectivity index (χ2v) is 6.31. The summed E-state index contributed by atoms with van der Waals surface area (Å²) < 4.78 is 66.5. The highest BCUT2D eigenvalue weighted by atomic mass is 32.2. The first kappa shape index (κ1) is 17.8. The maximum atomic E-state index is 12.2. The van der Waals surface area contributed by atoms with E-state index in [2.05, 4.69) is 16.4 Å². The fraction of sp³-hybridized carbons (Fsp3) is 0.0667. The number of halogens is 3.